The van der Waals surface area contributed by atoms with Crippen molar-refractivity contribution >= 4 is 23.3 Å². The molecule has 16 heavy (non-hydrogen) atoms. The first-order valence-corrected chi connectivity index (χ1v) is 5.24. The van der Waals surface area contributed by atoms with Crippen LogP contribution in [0.25, 0.3) is 0 Å². The number of carbonyl (C=O) groups excluding carboxylic acids is 1. The normalized spacial score (nSPS) is 14.2. The molecule has 1 N–H and O–H groups in total. The molecule has 1 aromatic heterocycles. The van der Waals surface area contributed by atoms with E-state index in [1.54, 1.807) is 6.92 Å². The molecule has 0 spiro atoms. The summed E-state index contributed by atoms with van der Waals surface area (Å²) in [5.41, 5.74) is -0.860. The number of anilines is 1. The lowest BCUT2D eigenvalue weighted by Gasteiger charge is -2.24. The molecule has 0 aliphatic carbocycles. The van der Waals surface area contributed by atoms with E-state index in [9.17, 15) is 4.79 Å². The SMILES string of the molecule is CCC(C)(OC)C(=O)Nc1cnc(Cl)cn1. The number of nitrogens with one attached hydrogen (secondary N) is 1. The van der Waals surface area contributed by atoms with Crippen molar-refractivity contribution in [2.75, 3.05) is 12.4 Å². The Bertz CT molecular complexity index is 363. The highest BCUT2D eigenvalue weighted by molar-refractivity contribution is 6.29. The predicted octanol–water partition coefficient (Wildman–Crippen LogP) is 1.88. The summed E-state index contributed by atoms with van der Waals surface area (Å²) in [6.07, 6.45) is 3.33. The van der Waals surface area contributed by atoms with Crippen LogP contribution in [-0.2, 0) is 9.53 Å². The van der Waals surface area contributed by atoms with Crippen LogP contribution in [0, 0.1) is 0 Å². The van der Waals surface area contributed by atoms with Crippen LogP contribution >= 0.6 is 11.6 Å². The third-order valence-electron chi connectivity index (χ3n) is 2.47. The quantitative estimate of drug-likeness (QED) is 0.877. The smallest absolute Gasteiger partial charge is 0.257 e. The van der Waals surface area contributed by atoms with Crippen LogP contribution in [0.1, 0.15) is 20.3 Å². The molecule has 1 atom stereocenters. The van der Waals surface area contributed by atoms with E-state index in [-0.39, 0.29) is 11.1 Å². The van der Waals surface area contributed by atoms with E-state index in [4.69, 9.17) is 16.3 Å². The first kappa shape index (κ1) is 12.9. The van der Waals surface area contributed by atoms with Gasteiger partial charge in [-0.2, -0.15) is 0 Å². The van der Waals surface area contributed by atoms with E-state index in [2.05, 4.69) is 15.3 Å². The van der Waals surface area contributed by atoms with Gasteiger partial charge in [-0.3, -0.25) is 4.79 Å². The standard InChI is InChI=1S/C10H14ClN3O2/c1-4-10(2,16-3)9(15)14-8-6-12-7(11)5-13-8/h5-6H,4H2,1-3H3,(H,13,14,15). The highest BCUT2D eigenvalue weighted by Crippen LogP contribution is 2.16. The molecule has 0 saturated carbocycles. The predicted molar refractivity (Wildman–Crippen MR) is 61.4 cm³/mol. The van der Waals surface area contributed by atoms with Crippen molar-refractivity contribution in [1.29, 1.82) is 0 Å². The Kier molecular flexibility index (Phi) is 4.20. The number of hydrogen-bond donors (Lipinski definition) is 1. The van der Waals surface area contributed by atoms with Gasteiger partial charge in [0.15, 0.2) is 5.82 Å². The average Bonchev–Trinajstić information content (AvgIpc) is 2.31. The minimum atomic E-state index is -0.860. The molecule has 0 aromatic carbocycles. The van der Waals surface area contributed by atoms with Crippen molar-refractivity contribution < 1.29 is 9.53 Å². The maximum atomic E-state index is 11.8. The van der Waals surface area contributed by atoms with E-state index in [0.717, 1.165) is 0 Å². The van der Waals surface area contributed by atoms with Gasteiger partial charge in [0.25, 0.3) is 5.91 Å². The number of halogens is 1. The topological polar surface area (TPSA) is 64.1 Å². The van der Waals surface area contributed by atoms with Crippen LogP contribution < -0.4 is 5.32 Å². The maximum absolute atomic E-state index is 11.8. The summed E-state index contributed by atoms with van der Waals surface area (Å²) in [5, 5.41) is 2.90. The number of nitrogens with zero attached hydrogens (tertiary/aromatic N) is 2. The Morgan fingerprint density at radius 2 is 2.25 bits per heavy atom. The molecular weight excluding hydrogens is 230 g/mol. The number of rotatable bonds is 4. The summed E-state index contributed by atoms with van der Waals surface area (Å²) >= 11 is 5.58. The maximum Gasteiger partial charge on any atom is 0.257 e. The summed E-state index contributed by atoms with van der Waals surface area (Å²) in [6.45, 7) is 3.59. The van der Waals surface area contributed by atoms with Gasteiger partial charge < -0.3 is 10.1 Å². The molecule has 1 amide bonds. The van der Waals surface area contributed by atoms with Gasteiger partial charge in [0.05, 0.1) is 12.4 Å². The fourth-order valence-corrected chi connectivity index (χ4v) is 1.12. The van der Waals surface area contributed by atoms with Crippen molar-refractivity contribution in [2.24, 2.45) is 0 Å². The highest BCUT2D eigenvalue weighted by Gasteiger charge is 2.31. The number of carbonyl (C=O) groups is 1. The Morgan fingerprint density at radius 3 is 2.69 bits per heavy atom. The minimum absolute atomic E-state index is 0.255. The van der Waals surface area contributed by atoms with Crippen LogP contribution in [0.15, 0.2) is 12.4 Å². The lowest BCUT2D eigenvalue weighted by Crippen LogP contribution is -2.41. The van der Waals surface area contributed by atoms with Gasteiger partial charge in [0, 0.05) is 7.11 Å². The Labute approximate surface area is 99.2 Å². The number of aromatic nitrogens is 2. The van der Waals surface area contributed by atoms with Gasteiger partial charge in [0.2, 0.25) is 0 Å². The van der Waals surface area contributed by atoms with Gasteiger partial charge in [-0.15, -0.1) is 0 Å². The van der Waals surface area contributed by atoms with Crippen molar-refractivity contribution in [3.05, 3.63) is 17.5 Å². The monoisotopic (exact) mass is 243 g/mol. The summed E-state index contributed by atoms with van der Waals surface area (Å²) in [4.78, 5) is 19.6. The molecule has 88 valence electrons. The van der Waals surface area contributed by atoms with Crippen LogP contribution in [0.3, 0.4) is 0 Å². The Morgan fingerprint density at radius 1 is 1.56 bits per heavy atom. The summed E-state index contributed by atoms with van der Waals surface area (Å²) in [5.74, 6) is 0.0975. The lowest BCUT2D eigenvalue weighted by atomic mass is 10.0. The Balaban J connectivity index is 2.74. The second-order valence-electron chi connectivity index (χ2n) is 3.47. The van der Waals surface area contributed by atoms with Gasteiger partial charge in [-0.1, -0.05) is 18.5 Å². The molecule has 1 heterocycles. The minimum Gasteiger partial charge on any atom is -0.369 e. The molecule has 1 aromatic rings. The van der Waals surface area contributed by atoms with E-state index in [1.165, 1.54) is 19.5 Å². The van der Waals surface area contributed by atoms with Crippen LogP contribution in [0.2, 0.25) is 5.15 Å². The molecule has 1 unspecified atom stereocenters. The van der Waals surface area contributed by atoms with Crippen molar-refractivity contribution in [2.45, 2.75) is 25.9 Å². The van der Waals surface area contributed by atoms with E-state index in [1.807, 2.05) is 6.92 Å². The fourth-order valence-electron chi connectivity index (χ4n) is 1.02. The molecule has 5 nitrogen and oxygen atoms in total. The van der Waals surface area contributed by atoms with Crippen LogP contribution in [-0.4, -0.2) is 28.6 Å². The van der Waals surface area contributed by atoms with E-state index >= 15 is 0 Å². The Hall–Kier alpha value is -1.20. The molecule has 0 fully saturated rings. The zero-order chi connectivity index (χ0) is 12.2. The second kappa shape index (κ2) is 5.23. The van der Waals surface area contributed by atoms with Crippen LogP contribution in [0.4, 0.5) is 5.82 Å². The molecule has 0 aliphatic rings. The first-order valence-electron chi connectivity index (χ1n) is 4.86. The highest BCUT2D eigenvalue weighted by atomic mass is 35.5. The van der Waals surface area contributed by atoms with Crippen LogP contribution in [0.5, 0.6) is 0 Å². The van der Waals surface area contributed by atoms with Gasteiger partial charge in [-0.25, -0.2) is 9.97 Å². The zero-order valence-corrected chi connectivity index (χ0v) is 10.2. The summed E-state index contributed by atoms with van der Waals surface area (Å²) in [7, 11) is 1.50. The zero-order valence-electron chi connectivity index (χ0n) is 9.45. The van der Waals surface area contributed by atoms with E-state index in [0.29, 0.717) is 12.2 Å². The number of amides is 1. The molecular formula is C10H14ClN3O2. The summed E-state index contributed by atoms with van der Waals surface area (Å²) in [6, 6.07) is 0. The molecule has 0 saturated heterocycles. The third-order valence-corrected chi connectivity index (χ3v) is 2.66. The van der Waals surface area contributed by atoms with Crippen molar-refractivity contribution in [1.82, 2.24) is 9.97 Å². The van der Waals surface area contributed by atoms with Crippen molar-refractivity contribution in [3.8, 4) is 0 Å². The van der Waals surface area contributed by atoms with Gasteiger partial charge in [-0.05, 0) is 13.3 Å². The molecule has 6 heteroatoms. The summed E-state index contributed by atoms with van der Waals surface area (Å²) < 4.78 is 5.16. The number of ether oxygens (including phenoxy) is 1. The lowest BCUT2D eigenvalue weighted by molar-refractivity contribution is -0.136. The molecule has 1 rings (SSSR count). The van der Waals surface area contributed by atoms with E-state index < -0.39 is 5.60 Å². The largest absolute Gasteiger partial charge is 0.369 e. The average molecular weight is 244 g/mol. The third kappa shape index (κ3) is 2.90. The van der Waals surface area contributed by atoms with Gasteiger partial charge in [0.1, 0.15) is 10.8 Å². The number of hydrogen-bond acceptors (Lipinski definition) is 4. The molecule has 0 aliphatic heterocycles. The van der Waals surface area contributed by atoms with Gasteiger partial charge >= 0.3 is 0 Å². The molecule has 0 radical (unpaired) electrons. The molecule has 0 bridgehead atoms. The first-order chi connectivity index (χ1) is 7.51. The second-order valence-corrected chi connectivity index (χ2v) is 3.85. The van der Waals surface area contributed by atoms with Crippen molar-refractivity contribution in [3.63, 3.8) is 0 Å². The fraction of sp³-hybridized carbons (Fsp3) is 0.500. The number of methoxy groups -OCH3 is 1.